The Balaban J connectivity index is 1.61. The molecule has 0 unspecified atom stereocenters. The van der Waals surface area contributed by atoms with Crippen LogP contribution in [0.3, 0.4) is 0 Å². The van der Waals surface area contributed by atoms with Crippen LogP contribution in [0.5, 0.6) is 0 Å². The normalized spacial score (nSPS) is 14.4. The molecule has 4 rings (SSSR count). The number of para-hydroxylation sites is 1. The summed E-state index contributed by atoms with van der Waals surface area (Å²) in [5.41, 5.74) is 6.10. The van der Waals surface area contributed by atoms with Gasteiger partial charge in [0.25, 0.3) is 11.8 Å². The lowest BCUT2D eigenvalue weighted by Crippen LogP contribution is -2.26. The van der Waals surface area contributed by atoms with Gasteiger partial charge in [0.05, 0.1) is 17.5 Å². The van der Waals surface area contributed by atoms with Gasteiger partial charge in [0.1, 0.15) is 11.5 Å². The van der Waals surface area contributed by atoms with Gasteiger partial charge >= 0.3 is 0 Å². The number of hydrogen-bond acceptors (Lipinski definition) is 5. The number of carbonyl (C=O) groups is 2. The van der Waals surface area contributed by atoms with Crippen LogP contribution in [0.25, 0.3) is 0 Å². The molecule has 2 aromatic heterocycles. The van der Waals surface area contributed by atoms with Crippen LogP contribution in [0.1, 0.15) is 56.4 Å². The number of benzene rings is 1. The zero-order valence-corrected chi connectivity index (χ0v) is 17.2. The smallest absolute Gasteiger partial charge is 0.294 e. The number of aryl methyl sites for hydroxylation is 2. The van der Waals surface area contributed by atoms with Gasteiger partial charge in [0.15, 0.2) is 5.76 Å². The van der Waals surface area contributed by atoms with Crippen molar-refractivity contribution in [2.24, 2.45) is 5.10 Å². The van der Waals surface area contributed by atoms with Crippen molar-refractivity contribution in [1.82, 2.24) is 5.43 Å². The summed E-state index contributed by atoms with van der Waals surface area (Å²) in [7, 11) is 1.72. The molecule has 0 spiro atoms. The number of amides is 2. The van der Waals surface area contributed by atoms with Gasteiger partial charge in [-0.25, -0.2) is 5.43 Å². The summed E-state index contributed by atoms with van der Waals surface area (Å²) in [5.74, 6) is 1.02. The van der Waals surface area contributed by atoms with Gasteiger partial charge in [-0.1, -0.05) is 18.2 Å². The summed E-state index contributed by atoms with van der Waals surface area (Å²) < 4.78 is 11.1. The Morgan fingerprint density at radius 1 is 1.10 bits per heavy atom. The van der Waals surface area contributed by atoms with Crippen LogP contribution in [0.15, 0.2) is 56.6 Å². The zero-order chi connectivity index (χ0) is 21.3. The van der Waals surface area contributed by atoms with Crippen LogP contribution < -0.4 is 10.3 Å². The van der Waals surface area contributed by atoms with E-state index in [0.29, 0.717) is 29.2 Å². The molecular formula is C23H23N3O4. The van der Waals surface area contributed by atoms with E-state index >= 15 is 0 Å². The van der Waals surface area contributed by atoms with E-state index in [-0.39, 0.29) is 11.8 Å². The van der Waals surface area contributed by atoms with Crippen molar-refractivity contribution in [1.29, 1.82) is 0 Å². The Kier molecular flexibility index (Phi) is 5.27. The third-order valence-corrected chi connectivity index (χ3v) is 5.36. The largest absolute Gasteiger partial charge is 0.469 e. The zero-order valence-electron chi connectivity index (χ0n) is 17.2. The summed E-state index contributed by atoms with van der Waals surface area (Å²) in [6, 6.07) is 11.0. The minimum Gasteiger partial charge on any atom is -0.469 e. The molecule has 1 aromatic carbocycles. The standard InChI is InChI=1S/C23H23N3O4/c1-14-20-18(24-25-22(27)17-12-13-29-15(17)2)10-7-11-19(20)30-21(14)23(28)26(3)16-8-5-4-6-9-16/h4-6,8-9,12-13H,7,10-11H2,1-3H3,(H,25,27)/b24-18+. The highest BCUT2D eigenvalue weighted by molar-refractivity contribution is 6.10. The molecular weight excluding hydrogens is 382 g/mol. The molecule has 1 N–H and O–H groups in total. The average molecular weight is 405 g/mol. The van der Waals surface area contributed by atoms with E-state index in [9.17, 15) is 9.59 Å². The predicted molar refractivity (Wildman–Crippen MR) is 113 cm³/mol. The molecule has 1 aliphatic carbocycles. The quantitative estimate of drug-likeness (QED) is 0.658. The van der Waals surface area contributed by atoms with Gasteiger partial charge in [-0.05, 0) is 44.9 Å². The third kappa shape index (κ3) is 3.54. The second-order valence-corrected chi connectivity index (χ2v) is 7.30. The minimum absolute atomic E-state index is 0.217. The SMILES string of the molecule is Cc1occc1C(=O)N/N=C1\CCCc2oc(C(=O)N(C)c3ccccc3)c(C)c21. The second kappa shape index (κ2) is 8.02. The third-order valence-electron chi connectivity index (χ3n) is 5.36. The van der Waals surface area contributed by atoms with Gasteiger partial charge < -0.3 is 13.7 Å². The van der Waals surface area contributed by atoms with Crippen LogP contribution >= 0.6 is 0 Å². The van der Waals surface area contributed by atoms with E-state index in [2.05, 4.69) is 10.5 Å². The highest BCUT2D eigenvalue weighted by Crippen LogP contribution is 2.31. The first-order chi connectivity index (χ1) is 14.5. The van der Waals surface area contributed by atoms with Crippen molar-refractivity contribution >= 4 is 23.2 Å². The number of hydrazone groups is 1. The molecule has 0 fully saturated rings. The van der Waals surface area contributed by atoms with Crippen LogP contribution in [0.4, 0.5) is 5.69 Å². The Bertz CT molecular complexity index is 1120. The maximum Gasteiger partial charge on any atom is 0.294 e. The molecule has 0 saturated carbocycles. The number of fused-ring (bicyclic) bond motifs is 1. The van der Waals surface area contributed by atoms with Gasteiger partial charge in [-0.15, -0.1) is 0 Å². The lowest BCUT2D eigenvalue weighted by Gasteiger charge is -2.16. The van der Waals surface area contributed by atoms with Crippen LogP contribution in [-0.4, -0.2) is 24.6 Å². The average Bonchev–Trinajstić information content (AvgIpc) is 3.35. The first kappa shape index (κ1) is 19.7. The van der Waals surface area contributed by atoms with Crippen molar-refractivity contribution in [3.05, 3.63) is 76.6 Å². The Hall–Kier alpha value is -3.61. The molecule has 7 nitrogen and oxygen atoms in total. The van der Waals surface area contributed by atoms with E-state index in [1.165, 1.54) is 6.26 Å². The number of rotatable bonds is 4. The molecule has 2 amide bonds. The van der Waals surface area contributed by atoms with E-state index in [0.717, 1.165) is 35.4 Å². The summed E-state index contributed by atoms with van der Waals surface area (Å²) in [4.78, 5) is 27.0. The highest BCUT2D eigenvalue weighted by Gasteiger charge is 2.29. The number of furan rings is 2. The number of anilines is 1. The molecule has 0 bridgehead atoms. The first-order valence-electron chi connectivity index (χ1n) is 9.84. The molecule has 0 atom stereocenters. The van der Waals surface area contributed by atoms with Crippen molar-refractivity contribution in [2.75, 3.05) is 11.9 Å². The summed E-state index contributed by atoms with van der Waals surface area (Å²) >= 11 is 0. The number of carbonyl (C=O) groups excluding carboxylic acids is 2. The molecule has 0 saturated heterocycles. The van der Waals surface area contributed by atoms with Crippen LogP contribution in [0, 0.1) is 13.8 Å². The molecule has 3 aromatic rings. The highest BCUT2D eigenvalue weighted by atomic mass is 16.4. The van der Waals surface area contributed by atoms with Gasteiger partial charge in [-0.2, -0.15) is 5.10 Å². The summed E-state index contributed by atoms with van der Waals surface area (Å²) in [6.45, 7) is 3.58. The molecule has 1 aliphatic rings. The first-order valence-corrected chi connectivity index (χ1v) is 9.84. The Labute approximate surface area is 174 Å². The van der Waals surface area contributed by atoms with E-state index in [4.69, 9.17) is 8.83 Å². The number of hydrogen-bond donors (Lipinski definition) is 1. The van der Waals surface area contributed by atoms with Crippen molar-refractivity contribution in [3.8, 4) is 0 Å². The fourth-order valence-electron chi connectivity index (χ4n) is 3.70. The molecule has 30 heavy (non-hydrogen) atoms. The topological polar surface area (TPSA) is 88.0 Å². The number of nitrogens with one attached hydrogen (secondary N) is 1. The van der Waals surface area contributed by atoms with E-state index in [1.54, 1.807) is 24.9 Å². The van der Waals surface area contributed by atoms with E-state index < -0.39 is 0 Å². The van der Waals surface area contributed by atoms with Crippen LogP contribution in [-0.2, 0) is 6.42 Å². The monoisotopic (exact) mass is 405 g/mol. The summed E-state index contributed by atoms with van der Waals surface area (Å²) in [6.07, 6.45) is 3.73. The van der Waals surface area contributed by atoms with Gasteiger partial charge in [0, 0.05) is 30.3 Å². The molecule has 0 aliphatic heterocycles. The predicted octanol–water partition coefficient (Wildman–Crippen LogP) is 4.24. The molecule has 0 radical (unpaired) electrons. The Morgan fingerprint density at radius 2 is 1.87 bits per heavy atom. The minimum atomic E-state index is -0.331. The van der Waals surface area contributed by atoms with Crippen molar-refractivity contribution < 1.29 is 18.4 Å². The molecule has 154 valence electrons. The van der Waals surface area contributed by atoms with E-state index in [1.807, 2.05) is 37.3 Å². The summed E-state index contributed by atoms with van der Waals surface area (Å²) in [5, 5.41) is 4.35. The molecule has 2 heterocycles. The van der Waals surface area contributed by atoms with Gasteiger partial charge in [0.2, 0.25) is 0 Å². The lowest BCUT2D eigenvalue weighted by molar-refractivity contribution is 0.0949. The van der Waals surface area contributed by atoms with Gasteiger partial charge in [-0.3, -0.25) is 9.59 Å². The maximum atomic E-state index is 13.1. The van der Waals surface area contributed by atoms with Crippen molar-refractivity contribution in [3.63, 3.8) is 0 Å². The Morgan fingerprint density at radius 3 is 2.57 bits per heavy atom. The van der Waals surface area contributed by atoms with Crippen LogP contribution in [0.2, 0.25) is 0 Å². The second-order valence-electron chi connectivity index (χ2n) is 7.30. The fourth-order valence-corrected chi connectivity index (χ4v) is 3.70. The number of nitrogens with zero attached hydrogens (tertiary/aromatic N) is 2. The maximum absolute atomic E-state index is 13.1. The molecule has 7 heteroatoms. The lowest BCUT2D eigenvalue weighted by atomic mass is 9.93. The fraction of sp³-hybridized carbons (Fsp3) is 0.261. The van der Waals surface area contributed by atoms with Crippen molar-refractivity contribution in [2.45, 2.75) is 33.1 Å².